The number of nitrogens with zero attached hydrogens (tertiary/aromatic N) is 2. The molecule has 3 fully saturated rings. The van der Waals surface area contributed by atoms with Gasteiger partial charge in [-0.2, -0.15) is 0 Å². The van der Waals surface area contributed by atoms with Crippen LogP contribution in [0.25, 0.3) is 0 Å². The van der Waals surface area contributed by atoms with Crippen molar-refractivity contribution in [1.82, 2.24) is 9.80 Å². The van der Waals surface area contributed by atoms with Gasteiger partial charge in [-0.05, 0) is 36.8 Å². The van der Waals surface area contributed by atoms with Crippen molar-refractivity contribution in [3.63, 3.8) is 0 Å². The molecule has 1 amide bonds. The van der Waals surface area contributed by atoms with Crippen molar-refractivity contribution >= 4 is 23.0 Å². The van der Waals surface area contributed by atoms with Gasteiger partial charge in [-0.25, -0.2) is 0 Å². The number of rotatable bonds is 4. The molecule has 0 spiro atoms. The van der Waals surface area contributed by atoms with Crippen molar-refractivity contribution in [2.24, 2.45) is 16.7 Å². The second-order valence-electron chi connectivity index (χ2n) is 8.87. The van der Waals surface area contributed by atoms with Gasteiger partial charge < -0.3 is 9.64 Å². The minimum atomic E-state index is 0.0282. The van der Waals surface area contributed by atoms with Crippen molar-refractivity contribution in [3.05, 3.63) is 21.9 Å². The van der Waals surface area contributed by atoms with Crippen molar-refractivity contribution in [2.45, 2.75) is 27.2 Å². The van der Waals surface area contributed by atoms with E-state index >= 15 is 0 Å². The molecule has 142 valence electrons. The van der Waals surface area contributed by atoms with Crippen LogP contribution in [0.15, 0.2) is 12.1 Å². The number of Topliss-reactive ketones (excluding diaryl/α,β-unsaturated/α-hetero) is 1. The van der Waals surface area contributed by atoms with Crippen molar-refractivity contribution in [2.75, 3.05) is 45.9 Å². The van der Waals surface area contributed by atoms with Crippen molar-refractivity contribution < 1.29 is 14.3 Å². The minimum absolute atomic E-state index is 0.0282. The summed E-state index contributed by atoms with van der Waals surface area (Å²) in [5.41, 5.74) is 0.512. The molecule has 1 saturated carbocycles. The largest absolute Gasteiger partial charge is 0.379 e. The van der Waals surface area contributed by atoms with Crippen LogP contribution in [0.5, 0.6) is 0 Å². The topological polar surface area (TPSA) is 49.9 Å². The first kappa shape index (κ1) is 18.1. The maximum absolute atomic E-state index is 13.0. The van der Waals surface area contributed by atoms with E-state index in [9.17, 15) is 9.59 Å². The number of hydrogen-bond donors (Lipinski definition) is 0. The lowest BCUT2D eigenvalue weighted by Crippen LogP contribution is -2.59. The lowest BCUT2D eigenvalue weighted by atomic mass is 9.48. The fraction of sp³-hybridized carbons (Fsp3) is 0.700. The normalized spacial score (nSPS) is 30.7. The van der Waals surface area contributed by atoms with E-state index in [1.165, 1.54) is 17.8 Å². The number of carbonyl (C=O) groups excluding carboxylic acids is 2. The van der Waals surface area contributed by atoms with E-state index in [-0.39, 0.29) is 17.1 Å². The summed E-state index contributed by atoms with van der Waals surface area (Å²) in [5, 5.41) is 0. The smallest absolute Gasteiger partial charge is 0.263 e. The first-order valence-electron chi connectivity index (χ1n) is 9.51. The van der Waals surface area contributed by atoms with Gasteiger partial charge in [-0.1, -0.05) is 13.8 Å². The number of ketones is 1. The number of thiophene rings is 1. The predicted molar refractivity (Wildman–Crippen MR) is 102 cm³/mol. The molecule has 1 aromatic rings. The third kappa shape index (κ3) is 3.02. The Morgan fingerprint density at radius 1 is 1.23 bits per heavy atom. The van der Waals surface area contributed by atoms with E-state index in [1.54, 1.807) is 13.0 Å². The quantitative estimate of drug-likeness (QED) is 0.758. The van der Waals surface area contributed by atoms with Crippen LogP contribution in [-0.4, -0.2) is 67.4 Å². The summed E-state index contributed by atoms with van der Waals surface area (Å²) in [5.74, 6) is 0.670. The van der Waals surface area contributed by atoms with Gasteiger partial charge in [0.1, 0.15) is 0 Å². The number of morpholine rings is 1. The number of amides is 1. The zero-order chi connectivity index (χ0) is 18.5. The van der Waals surface area contributed by atoms with Gasteiger partial charge in [0.15, 0.2) is 5.78 Å². The molecule has 6 heteroatoms. The summed E-state index contributed by atoms with van der Waals surface area (Å²) in [4.78, 5) is 30.5. The Morgan fingerprint density at radius 3 is 2.54 bits per heavy atom. The zero-order valence-electron chi connectivity index (χ0n) is 15.9. The molecule has 4 rings (SSSR count). The molecule has 0 aromatic carbocycles. The summed E-state index contributed by atoms with van der Waals surface area (Å²) in [6.45, 7) is 12.6. The van der Waals surface area contributed by atoms with E-state index < -0.39 is 0 Å². The lowest BCUT2D eigenvalue weighted by molar-refractivity contribution is -0.0966. The molecule has 0 N–H and O–H groups in total. The molecule has 1 aliphatic carbocycles. The number of hydrogen-bond acceptors (Lipinski definition) is 5. The SMILES string of the molecule is CC(=O)c1ccc(C(=O)N2C[C@@H]3C(C)(C)C[C@]3(CN3CCOCC3)C2)s1. The second kappa shape index (κ2) is 6.43. The summed E-state index contributed by atoms with van der Waals surface area (Å²) in [6.07, 6.45) is 1.18. The second-order valence-corrected chi connectivity index (χ2v) is 9.96. The highest BCUT2D eigenvalue weighted by molar-refractivity contribution is 7.15. The van der Waals surface area contributed by atoms with E-state index in [0.29, 0.717) is 21.1 Å². The van der Waals surface area contributed by atoms with E-state index in [2.05, 4.69) is 18.7 Å². The molecular weight excluding hydrogens is 348 g/mol. The van der Waals surface area contributed by atoms with Crippen LogP contribution in [0.4, 0.5) is 0 Å². The van der Waals surface area contributed by atoms with Crippen LogP contribution in [-0.2, 0) is 4.74 Å². The highest BCUT2D eigenvalue weighted by Crippen LogP contribution is 2.63. The highest BCUT2D eigenvalue weighted by atomic mass is 32.1. The van der Waals surface area contributed by atoms with Crippen LogP contribution in [0.1, 0.15) is 46.5 Å². The fourth-order valence-electron chi connectivity index (χ4n) is 5.50. The van der Waals surface area contributed by atoms with Gasteiger partial charge in [0.05, 0.1) is 23.0 Å². The predicted octanol–water partition coefficient (Wildman–Crippen LogP) is 2.77. The molecule has 3 heterocycles. The molecule has 0 bridgehead atoms. The van der Waals surface area contributed by atoms with Crippen LogP contribution < -0.4 is 0 Å². The van der Waals surface area contributed by atoms with E-state index in [1.807, 2.05) is 11.0 Å². The van der Waals surface area contributed by atoms with Crippen LogP contribution >= 0.6 is 11.3 Å². The zero-order valence-corrected chi connectivity index (χ0v) is 16.7. The first-order valence-corrected chi connectivity index (χ1v) is 10.3. The number of carbonyl (C=O) groups is 2. The van der Waals surface area contributed by atoms with Gasteiger partial charge in [-0.15, -0.1) is 11.3 Å². The number of ether oxygens (including phenoxy) is 1. The summed E-state index contributed by atoms with van der Waals surface area (Å²) in [7, 11) is 0. The molecule has 2 saturated heterocycles. The summed E-state index contributed by atoms with van der Waals surface area (Å²) in [6, 6.07) is 3.59. The molecule has 0 radical (unpaired) electrons. The lowest BCUT2D eigenvalue weighted by Gasteiger charge is -2.58. The molecule has 2 aliphatic heterocycles. The fourth-order valence-corrected chi connectivity index (χ4v) is 6.37. The van der Waals surface area contributed by atoms with Gasteiger partial charge >= 0.3 is 0 Å². The number of fused-ring (bicyclic) bond motifs is 1. The van der Waals surface area contributed by atoms with Crippen molar-refractivity contribution in [1.29, 1.82) is 0 Å². The Labute approximate surface area is 159 Å². The van der Waals surface area contributed by atoms with Gasteiger partial charge in [0.25, 0.3) is 5.91 Å². The average Bonchev–Trinajstić information content (AvgIpc) is 3.19. The van der Waals surface area contributed by atoms with Crippen molar-refractivity contribution in [3.8, 4) is 0 Å². The maximum Gasteiger partial charge on any atom is 0.263 e. The maximum atomic E-state index is 13.0. The van der Waals surface area contributed by atoms with E-state index in [0.717, 1.165) is 45.9 Å². The Kier molecular flexibility index (Phi) is 4.48. The molecule has 0 unspecified atom stereocenters. The Hall–Kier alpha value is -1.24. The summed E-state index contributed by atoms with van der Waals surface area (Å²) >= 11 is 1.33. The molecule has 3 aliphatic rings. The van der Waals surface area contributed by atoms with E-state index in [4.69, 9.17) is 4.74 Å². The molecule has 1 aromatic heterocycles. The van der Waals surface area contributed by atoms with Gasteiger partial charge in [0.2, 0.25) is 0 Å². The first-order chi connectivity index (χ1) is 12.3. The standard InChI is InChI=1S/C20H28N2O3S/c1-14(23)15-4-5-16(26-15)18(24)22-10-17-19(2,3)11-20(17,13-22)12-21-6-8-25-9-7-21/h4-5,17H,6-13H2,1-3H3/t17-,20+/m1/s1. The number of likely N-dealkylation sites (tertiary alicyclic amines) is 1. The highest BCUT2D eigenvalue weighted by Gasteiger charge is 2.63. The van der Waals surface area contributed by atoms with Gasteiger partial charge in [0, 0.05) is 38.1 Å². The molecule has 2 atom stereocenters. The Morgan fingerprint density at radius 2 is 1.92 bits per heavy atom. The monoisotopic (exact) mass is 376 g/mol. The molecular formula is C20H28N2O3S. The average molecular weight is 377 g/mol. The minimum Gasteiger partial charge on any atom is -0.379 e. The summed E-state index contributed by atoms with van der Waals surface area (Å²) < 4.78 is 5.49. The van der Waals surface area contributed by atoms with Crippen LogP contribution in [0, 0.1) is 16.7 Å². The third-order valence-corrected chi connectivity index (χ3v) is 7.67. The van der Waals surface area contributed by atoms with Gasteiger partial charge in [-0.3, -0.25) is 14.5 Å². The Balaban J connectivity index is 1.50. The third-order valence-electron chi connectivity index (χ3n) is 6.49. The van der Waals surface area contributed by atoms with Crippen LogP contribution in [0.2, 0.25) is 0 Å². The molecule has 5 nitrogen and oxygen atoms in total. The van der Waals surface area contributed by atoms with Crippen LogP contribution in [0.3, 0.4) is 0 Å². The Bertz CT molecular complexity index is 722. The molecule has 26 heavy (non-hydrogen) atoms.